The van der Waals surface area contributed by atoms with Crippen LogP contribution in [0.5, 0.6) is 11.5 Å². The summed E-state index contributed by atoms with van der Waals surface area (Å²) in [5.41, 5.74) is 3.13. The van der Waals surface area contributed by atoms with E-state index in [1.807, 2.05) is 31.2 Å². The zero-order valence-corrected chi connectivity index (χ0v) is 15.7. The number of aliphatic imine (C=N–C) groups is 1. The lowest BCUT2D eigenvalue weighted by Crippen LogP contribution is -2.37. The van der Waals surface area contributed by atoms with Crippen LogP contribution < -0.4 is 20.1 Å². The van der Waals surface area contributed by atoms with Crippen LogP contribution in [0.3, 0.4) is 0 Å². The largest absolute Gasteiger partial charge is 0.493 e. The fraction of sp³-hybridized carbons (Fsp3) is 0.350. The molecule has 26 heavy (non-hydrogen) atoms. The van der Waals surface area contributed by atoms with E-state index in [4.69, 9.17) is 9.47 Å². The predicted molar refractivity (Wildman–Crippen MR) is 103 cm³/mol. The van der Waals surface area contributed by atoms with Crippen LogP contribution in [0.2, 0.25) is 0 Å². The summed E-state index contributed by atoms with van der Waals surface area (Å²) < 4.78 is 23.7. The molecule has 0 unspecified atom stereocenters. The van der Waals surface area contributed by atoms with Crippen molar-refractivity contribution in [3.63, 3.8) is 0 Å². The molecule has 0 aliphatic rings. The second-order valence-electron chi connectivity index (χ2n) is 5.86. The first-order valence-corrected chi connectivity index (χ1v) is 8.47. The van der Waals surface area contributed by atoms with Crippen molar-refractivity contribution in [1.29, 1.82) is 0 Å². The van der Waals surface area contributed by atoms with Crippen LogP contribution in [-0.4, -0.2) is 33.8 Å². The summed E-state index contributed by atoms with van der Waals surface area (Å²) in [6, 6.07) is 10.7. The van der Waals surface area contributed by atoms with Gasteiger partial charge in [-0.2, -0.15) is 0 Å². The summed E-state index contributed by atoms with van der Waals surface area (Å²) in [5, 5.41) is 6.54. The maximum Gasteiger partial charge on any atom is 0.191 e. The molecule has 0 saturated heterocycles. The minimum atomic E-state index is -0.202. The van der Waals surface area contributed by atoms with Crippen LogP contribution in [-0.2, 0) is 13.0 Å². The van der Waals surface area contributed by atoms with Gasteiger partial charge in [-0.15, -0.1) is 0 Å². The molecule has 2 aromatic carbocycles. The molecule has 2 N–H and O–H groups in total. The van der Waals surface area contributed by atoms with E-state index in [2.05, 4.69) is 15.6 Å². The van der Waals surface area contributed by atoms with E-state index in [1.54, 1.807) is 27.3 Å². The number of methoxy groups -OCH3 is 2. The number of hydrogen-bond acceptors (Lipinski definition) is 3. The third kappa shape index (κ3) is 5.37. The fourth-order valence-corrected chi connectivity index (χ4v) is 2.65. The molecule has 0 fully saturated rings. The molecule has 0 heterocycles. The van der Waals surface area contributed by atoms with Crippen LogP contribution in [0, 0.1) is 12.7 Å². The number of nitrogens with one attached hydrogen (secondary N) is 2. The molecular weight excluding hydrogens is 333 g/mol. The minimum Gasteiger partial charge on any atom is -0.493 e. The Kier molecular flexibility index (Phi) is 7.26. The molecule has 0 aromatic heterocycles. The standard InChI is InChI=1S/C20H26FN3O2/c1-14-11-17(21)7-6-16(14)9-10-23-20(22-2)24-13-15-5-8-18(25-3)19(12-15)26-4/h5-8,11-12H,9-10,13H2,1-4H3,(H2,22,23,24). The molecule has 0 bridgehead atoms. The summed E-state index contributed by atoms with van der Waals surface area (Å²) in [5.74, 6) is 1.90. The van der Waals surface area contributed by atoms with Crippen molar-refractivity contribution >= 4 is 5.96 Å². The number of halogens is 1. The number of guanidine groups is 1. The van der Waals surface area contributed by atoms with Gasteiger partial charge in [0.15, 0.2) is 17.5 Å². The van der Waals surface area contributed by atoms with Crippen LogP contribution in [0.25, 0.3) is 0 Å². The molecule has 0 saturated carbocycles. The smallest absolute Gasteiger partial charge is 0.191 e. The number of hydrogen-bond donors (Lipinski definition) is 2. The molecule has 2 rings (SSSR count). The summed E-state index contributed by atoms with van der Waals surface area (Å²) in [4.78, 5) is 4.23. The van der Waals surface area contributed by atoms with Gasteiger partial charge in [-0.25, -0.2) is 4.39 Å². The van der Waals surface area contributed by atoms with E-state index in [0.717, 1.165) is 23.1 Å². The molecule has 5 nitrogen and oxygen atoms in total. The van der Waals surface area contributed by atoms with E-state index in [9.17, 15) is 4.39 Å². The Balaban J connectivity index is 1.86. The molecule has 0 atom stereocenters. The maximum absolute atomic E-state index is 13.2. The maximum atomic E-state index is 13.2. The van der Waals surface area contributed by atoms with Crippen LogP contribution in [0.15, 0.2) is 41.4 Å². The average Bonchev–Trinajstić information content (AvgIpc) is 2.65. The van der Waals surface area contributed by atoms with Gasteiger partial charge < -0.3 is 20.1 Å². The SMILES string of the molecule is CN=C(NCCc1ccc(F)cc1C)NCc1ccc(OC)c(OC)c1. The molecule has 0 aliphatic carbocycles. The highest BCUT2D eigenvalue weighted by molar-refractivity contribution is 5.79. The summed E-state index contributed by atoms with van der Waals surface area (Å²) in [7, 11) is 4.96. The second kappa shape index (κ2) is 9.65. The van der Waals surface area contributed by atoms with Gasteiger partial charge in [0.2, 0.25) is 0 Å². The lowest BCUT2D eigenvalue weighted by atomic mass is 10.1. The van der Waals surface area contributed by atoms with Crippen LogP contribution in [0.4, 0.5) is 4.39 Å². The zero-order valence-electron chi connectivity index (χ0n) is 15.7. The molecule has 6 heteroatoms. The van der Waals surface area contributed by atoms with Gasteiger partial charge in [0, 0.05) is 20.1 Å². The highest BCUT2D eigenvalue weighted by Gasteiger charge is 2.06. The monoisotopic (exact) mass is 359 g/mol. The van der Waals surface area contributed by atoms with E-state index < -0.39 is 0 Å². The number of benzene rings is 2. The topological polar surface area (TPSA) is 54.9 Å². The minimum absolute atomic E-state index is 0.202. The third-order valence-electron chi connectivity index (χ3n) is 4.12. The van der Waals surface area contributed by atoms with Crippen molar-refractivity contribution in [3.8, 4) is 11.5 Å². The van der Waals surface area contributed by atoms with Gasteiger partial charge in [0.05, 0.1) is 14.2 Å². The van der Waals surface area contributed by atoms with Gasteiger partial charge in [-0.05, 0) is 54.3 Å². The van der Waals surface area contributed by atoms with E-state index >= 15 is 0 Å². The van der Waals surface area contributed by atoms with Crippen molar-refractivity contribution in [1.82, 2.24) is 10.6 Å². The van der Waals surface area contributed by atoms with Crippen LogP contribution in [0.1, 0.15) is 16.7 Å². The predicted octanol–water partition coefficient (Wildman–Crippen LogP) is 3.06. The number of nitrogens with zero attached hydrogens (tertiary/aromatic N) is 1. The van der Waals surface area contributed by atoms with Gasteiger partial charge in [-0.1, -0.05) is 12.1 Å². The first kappa shape index (κ1) is 19.6. The Morgan fingerprint density at radius 3 is 2.46 bits per heavy atom. The first-order valence-electron chi connectivity index (χ1n) is 8.47. The third-order valence-corrected chi connectivity index (χ3v) is 4.12. The lowest BCUT2D eigenvalue weighted by Gasteiger charge is -2.14. The fourth-order valence-electron chi connectivity index (χ4n) is 2.65. The van der Waals surface area contributed by atoms with Crippen molar-refractivity contribution in [2.75, 3.05) is 27.8 Å². The Labute approximate surface area is 154 Å². The second-order valence-corrected chi connectivity index (χ2v) is 5.86. The highest BCUT2D eigenvalue weighted by atomic mass is 19.1. The Bertz CT molecular complexity index is 763. The first-order chi connectivity index (χ1) is 12.6. The van der Waals surface area contributed by atoms with E-state index in [1.165, 1.54) is 6.07 Å². The lowest BCUT2D eigenvalue weighted by molar-refractivity contribution is 0.354. The molecule has 0 aliphatic heterocycles. The van der Waals surface area contributed by atoms with Crippen molar-refractivity contribution in [2.45, 2.75) is 19.9 Å². The normalized spacial score (nSPS) is 11.2. The molecule has 2 aromatic rings. The quantitative estimate of drug-likeness (QED) is 0.589. The summed E-state index contributed by atoms with van der Waals surface area (Å²) in [6.07, 6.45) is 0.795. The van der Waals surface area contributed by atoms with Gasteiger partial charge >= 0.3 is 0 Å². The number of aryl methyl sites for hydroxylation is 1. The number of ether oxygens (including phenoxy) is 2. The molecular formula is C20H26FN3O2. The van der Waals surface area contributed by atoms with Crippen LogP contribution >= 0.6 is 0 Å². The Morgan fingerprint density at radius 2 is 1.81 bits per heavy atom. The highest BCUT2D eigenvalue weighted by Crippen LogP contribution is 2.27. The van der Waals surface area contributed by atoms with E-state index in [-0.39, 0.29) is 5.82 Å². The zero-order chi connectivity index (χ0) is 18.9. The summed E-state index contributed by atoms with van der Waals surface area (Å²) >= 11 is 0. The van der Waals surface area contributed by atoms with E-state index in [0.29, 0.717) is 30.5 Å². The van der Waals surface area contributed by atoms with Gasteiger partial charge in [-0.3, -0.25) is 4.99 Å². The summed E-state index contributed by atoms with van der Waals surface area (Å²) in [6.45, 7) is 3.23. The van der Waals surface area contributed by atoms with Crippen molar-refractivity contribution < 1.29 is 13.9 Å². The molecule has 140 valence electrons. The van der Waals surface area contributed by atoms with Gasteiger partial charge in [0.1, 0.15) is 5.82 Å². The number of rotatable bonds is 7. The van der Waals surface area contributed by atoms with Crippen molar-refractivity contribution in [2.24, 2.45) is 4.99 Å². The Morgan fingerprint density at radius 1 is 1.04 bits per heavy atom. The molecule has 0 spiro atoms. The molecule has 0 radical (unpaired) electrons. The molecule has 0 amide bonds. The average molecular weight is 359 g/mol. The van der Waals surface area contributed by atoms with Crippen molar-refractivity contribution in [3.05, 3.63) is 58.9 Å². The Hall–Kier alpha value is -2.76. The van der Waals surface area contributed by atoms with Gasteiger partial charge in [0.25, 0.3) is 0 Å².